The first-order chi connectivity index (χ1) is 31.7. The van der Waals surface area contributed by atoms with Gasteiger partial charge in [-0.15, -0.1) is 0 Å². The molecule has 0 bridgehead atoms. The SMILES string of the molecule is c1ccc(-c2cccc(-c3cc(-n4c5ccccc5c5ccc(-n6c7ccccc7c7cc(-n8c9ccccc9c9ccccc98)ccc76)cc54)c4c(c3)[se]c3ccccc34)c2)cc1. The molecule has 4 heteroatoms. The molecule has 0 spiro atoms. The summed E-state index contributed by atoms with van der Waals surface area (Å²) in [5.41, 5.74) is 15.7. The van der Waals surface area contributed by atoms with Crippen LogP contribution in [0.25, 0.3) is 124 Å². The molecule has 14 rings (SSSR count). The number of aromatic nitrogens is 3. The van der Waals surface area contributed by atoms with Crippen molar-refractivity contribution in [2.24, 2.45) is 0 Å². The Labute approximate surface area is 374 Å². The number of hydrogen-bond acceptors (Lipinski definition) is 0. The van der Waals surface area contributed by atoms with Crippen LogP contribution in [0.2, 0.25) is 0 Å². The third-order valence-corrected chi connectivity index (χ3v) is 15.8. The van der Waals surface area contributed by atoms with Crippen molar-refractivity contribution in [2.45, 2.75) is 0 Å². The van der Waals surface area contributed by atoms with E-state index in [2.05, 4.69) is 238 Å². The van der Waals surface area contributed by atoms with E-state index in [9.17, 15) is 0 Å². The van der Waals surface area contributed by atoms with Gasteiger partial charge >= 0.3 is 302 Å². The van der Waals surface area contributed by atoms with Gasteiger partial charge in [0.25, 0.3) is 0 Å². The summed E-state index contributed by atoms with van der Waals surface area (Å²) >= 11 is 0.179. The number of nitrogens with zero attached hydrogens (tertiary/aromatic N) is 3. The van der Waals surface area contributed by atoms with Gasteiger partial charge in [-0.25, -0.2) is 0 Å². The number of hydrogen-bond donors (Lipinski definition) is 0. The Bertz CT molecular complexity index is 4140. The zero-order valence-corrected chi connectivity index (χ0v) is 36.3. The van der Waals surface area contributed by atoms with E-state index in [0.29, 0.717) is 0 Å². The summed E-state index contributed by atoms with van der Waals surface area (Å²) < 4.78 is 10.3. The molecule has 0 aliphatic rings. The Hall–Kier alpha value is -7.88. The van der Waals surface area contributed by atoms with Gasteiger partial charge in [-0.3, -0.25) is 0 Å². The van der Waals surface area contributed by atoms with Gasteiger partial charge in [0, 0.05) is 10.8 Å². The van der Waals surface area contributed by atoms with Crippen LogP contribution in [-0.2, 0) is 0 Å². The number of para-hydroxylation sites is 4. The standard InChI is InChI=1S/C60H37N3Se/c1-2-15-38(16-3-1)39-17-14-18-40(33-39)41-34-57(60-49-23-8-13-28-58(49)64-59(60)35-41)63-54-27-12-6-21-46(54)48-31-29-43(37-56(48)63)62-53-26-11-7-22-47(53)50-36-42(30-32-55(50)62)61-51-24-9-4-19-44(51)45-20-5-10-25-52(45)61/h1-37H. The molecule has 298 valence electrons. The topological polar surface area (TPSA) is 14.8 Å². The van der Waals surface area contributed by atoms with Crippen molar-refractivity contribution in [2.75, 3.05) is 0 Å². The first kappa shape index (κ1) is 35.7. The Morgan fingerprint density at radius 2 is 0.734 bits per heavy atom. The van der Waals surface area contributed by atoms with Crippen LogP contribution in [0.5, 0.6) is 0 Å². The van der Waals surface area contributed by atoms with E-state index in [1.54, 1.807) is 0 Å². The van der Waals surface area contributed by atoms with Crippen LogP contribution < -0.4 is 0 Å². The van der Waals surface area contributed by atoms with Crippen molar-refractivity contribution < 1.29 is 0 Å². The molecule has 4 heterocycles. The Morgan fingerprint density at radius 1 is 0.250 bits per heavy atom. The summed E-state index contributed by atoms with van der Waals surface area (Å²) in [5.74, 6) is 0. The van der Waals surface area contributed by atoms with Crippen molar-refractivity contribution in [3.05, 3.63) is 224 Å². The van der Waals surface area contributed by atoms with Gasteiger partial charge in [-0.05, 0) is 12.1 Å². The molecule has 3 nitrogen and oxygen atoms in total. The summed E-state index contributed by atoms with van der Waals surface area (Å²) in [5, 5.41) is 10.2. The van der Waals surface area contributed by atoms with Gasteiger partial charge < -0.3 is 4.57 Å². The van der Waals surface area contributed by atoms with Crippen LogP contribution >= 0.6 is 0 Å². The molecule has 0 aliphatic carbocycles. The van der Waals surface area contributed by atoms with Gasteiger partial charge in [0.15, 0.2) is 0 Å². The molecule has 14 aromatic rings. The van der Waals surface area contributed by atoms with E-state index < -0.39 is 0 Å². The molecule has 0 atom stereocenters. The second kappa shape index (κ2) is 13.8. The fraction of sp³-hybridized carbons (Fsp3) is 0. The van der Waals surface area contributed by atoms with E-state index in [0.717, 1.165) is 11.4 Å². The van der Waals surface area contributed by atoms with Crippen molar-refractivity contribution in [3.63, 3.8) is 0 Å². The molecule has 64 heavy (non-hydrogen) atoms. The molecule has 0 aliphatic heterocycles. The van der Waals surface area contributed by atoms with Crippen LogP contribution in [0, 0.1) is 0 Å². The van der Waals surface area contributed by atoms with Gasteiger partial charge in [0.05, 0.1) is 11.0 Å². The van der Waals surface area contributed by atoms with Crippen LogP contribution in [0.3, 0.4) is 0 Å². The normalized spacial score (nSPS) is 12.1. The van der Waals surface area contributed by atoms with E-state index >= 15 is 0 Å². The number of fused-ring (bicyclic) bond motifs is 12. The molecule has 0 saturated carbocycles. The predicted octanol–water partition coefficient (Wildman–Crippen LogP) is 15.7. The Morgan fingerprint density at radius 3 is 1.41 bits per heavy atom. The fourth-order valence-electron chi connectivity index (χ4n) is 10.6. The summed E-state index contributed by atoms with van der Waals surface area (Å²) in [7, 11) is 0. The minimum absolute atomic E-state index is 0.179. The number of benzene rings is 10. The molecular formula is C60H37N3Se. The van der Waals surface area contributed by atoms with Gasteiger partial charge in [-0.1, -0.05) is 36.4 Å². The third-order valence-electron chi connectivity index (χ3n) is 13.4. The average molecular weight is 879 g/mol. The molecule has 0 unspecified atom stereocenters. The Balaban J connectivity index is 1.02. The maximum absolute atomic E-state index is 2.56. The second-order valence-electron chi connectivity index (χ2n) is 16.9. The van der Waals surface area contributed by atoms with Gasteiger partial charge in [0.1, 0.15) is 0 Å². The molecule has 0 N–H and O–H groups in total. The first-order valence-corrected chi connectivity index (χ1v) is 23.6. The first-order valence-electron chi connectivity index (χ1n) is 21.9. The van der Waals surface area contributed by atoms with Crippen molar-refractivity contribution in [1.29, 1.82) is 0 Å². The molecule has 0 saturated heterocycles. The van der Waals surface area contributed by atoms with Crippen LogP contribution in [0.15, 0.2) is 224 Å². The van der Waals surface area contributed by atoms with E-state index in [4.69, 9.17) is 0 Å². The van der Waals surface area contributed by atoms with Crippen molar-refractivity contribution in [3.8, 4) is 39.3 Å². The minimum atomic E-state index is 0.179. The zero-order valence-electron chi connectivity index (χ0n) is 34.6. The summed E-state index contributed by atoms with van der Waals surface area (Å²) in [6.07, 6.45) is 0. The fourth-order valence-corrected chi connectivity index (χ4v) is 13.1. The summed E-state index contributed by atoms with van der Waals surface area (Å²) in [6, 6.07) is 83.2. The van der Waals surface area contributed by atoms with Crippen molar-refractivity contribution >= 4 is 99.2 Å². The molecular weight excluding hydrogens is 842 g/mol. The maximum atomic E-state index is 2.56. The van der Waals surface area contributed by atoms with Crippen LogP contribution in [0.4, 0.5) is 0 Å². The van der Waals surface area contributed by atoms with E-state index in [-0.39, 0.29) is 14.5 Å². The van der Waals surface area contributed by atoms with Crippen LogP contribution in [-0.4, -0.2) is 28.2 Å². The second-order valence-corrected chi connectivity index (χ2v) is 19.2. The molecule has 0 fully saturated rings. The zero-order chi connectivity index (χ0) is 41.9. The predicted molar refractivity (Wildman–Crippen MR) is 272 cm³/mol. The quantitative estimate of drug-likeness (QED) is 0.153. The summed E-state index contributed by atoms with van der Waals surface area (Å²) in [4.78, 5) is 0. The van der Waals surface area contributed by atoms with Gasteiger partial charge in [-0.2, -0.15) is 0 Å². The molecule has 4 aromatic heterocycles. The summed E-state index contributed by atoms with van der Waals surface area (Å²) in [6.45, 7) is 0. The molecule has 0 radical (unpaired) electrons. The Kier molecular flexibility index (Phi) is 7.70. The molecule has 10 aromatic carbocycles. The average Bonchev–Trinajstić information content (AvgIpc) is 4.10. The van der Waals surface area contributed by atoms with E-state index in [1.165, 1.54) is 113 Å². The van der Waals surface area contributed by atoms with Crippen molar-refractivity contribution in [1.82, 2.24) is 13.7 Å². The van der Waals surface area contributed by atoms with E-state index in [1.807, 2.05) is 0 Å². The molecule has 0 amide bonds. The van der Waals surface area contributed by atoms with Crippen LogP contribution in [0.1, 0.15) is 0 Å². The van der Waals surface area contributed by atoms with Gasteiger partial charge in [0.2, 0.25) is 0 Å². The number of rotatable bonds is 5. The third kappa shape index (κ3) is 5.22. The monoisotopic (exact) mass is 879 g/mol.